The molecule has 2 heterocycles. The molecule has 0 aliphatic carbocycles. The number of benzene rings is 1. The van der Waals surface area contributed by atoms with Gasteiger partial charge in [-0.25, -0.2) is 8.42 Å². The monoisotopic (exact) mass is 398 g/mol. The van der Waals surface area contributed by atoms with Crippen molar-refractivity contribution in [2.75, 3.05) is 13.1 Å². The average Bonchev–Trinajstić information content (AvgIpc) is 3.05. The summed E-state index contributed by atoms with van der Waals surface area (Å²) in [5.74, 6) is -0.216. The molecule has 2 atom stereocenters. The third-order valence-electron chi connectivity index (χ3n) is 4.54. The van der Waals surface area contributed by atoms with Crippen LogP contribution in [-0.2, 0) is 15.6 Å². The number of carbonyl (C=O) groups is 1. The SMILES string of the molecule is CC1CCNCC1NC(=O)c1occc1CS(=O)(=O)c1ccccc1.Cl. The van der Waals surface area contributed by atoms with E-state index in [0.717, 1.165) is 13.0 Å². The number of piperidine rings is 1. The van der Waals surface area contributed by atoms with Crippen LogP contribution in [0.2, 0.25) is 0 Å². The smallest absolute Gasteiger partial charge is 0.287 e. The first-order valence-electron chi connectivity index (χ1n) is 8.33. The van der Waals surface area contributed by atoms with Crippen molar-refractivity contribution in [3.8, 4) is 0 Å². The van der Waals surface area contributed by atoms with Crippen LogP contribution in [0.4, 0.5) is 0 Å². The Morgan fingerprint density at radius 3 is 2.69 bits per heavy atom. The fraction of sp³-hybridized carbons (Fsp3) is 0.389. The summed E-state index contributed by atoms with van der Waals surface area (Å²) in [6.07, 6.45) is 2.34. The maximum absolute atomic E-state index is 12.5. The quantitative estimate of drug-likeness (QED) is 0.807. The summed E-state index contributed by atoms with van der Waals surface area (Å²) in [6.45, 7) is 3.73. The minimum absolute atomic E-state index is 0. The highest BCUT2D eigenvalue weighted by Crippen LogP contribution is 2.20. The maximum atomic E-state index is 12.5. The van der Waals surface area contributed by atoms with E-state index in [0.29, 0.717) is 18.0 Å². The molecule has 0 saturated carbocycles. The Bertz CT molecular complexity index is 836. The van der Waals surface area contributed by atoms with Crippen molar-refractivity contribution < 1.29 is 17.6 Å². The van der Waals surface area contributed by atoms with Crippen LogP contribution in [-0.4, -0.2) is 33.5 Å². The largest absolute Gasteiger partial charge is 0.459 e. The number of carbonyl (C=O) groups excluding carboxylic acids is 1. The molecule has 1 saturated heterocycles. The van der Waals surface area contributed by atoms with E-state index in [4.69, 9.17) is 4.42 Å². The summed E-state index contributed by atoms with van der Waals surface area (Å²) >= 11 is 0. The molecule has 1 aliphatic heterocycles. The highest BCUT2D eigenvalue weighted by Gasteiger charge is 2.27. The first kappa shape index (κ1) is 20.5. The normalized spacial score (nSPS) is 20.2. The van der Waals surface area contributed by atoms with Crippen LogP contribution in [0.3, 0.4) is 0 Å². The Morgan fingerprint density at radius 1 is 1.27 bits per heavy atom. The molecule has 3 rings (SSSR count). The molecule has 1 aromatic heterocycles. The van der Waals surface area contributed by atoms with E-state index < -0.39 is 9.84 Å². The predicted octanol–water partition coefficient (Wildman–Crippen LogP) is 2.40. The van der Waals surface area contributed by atoms with Gasteiger partial charge in [-0.05, 0) is 37.1 Å². The first-order chi connectivity index (χ1) is 12.0. The summed E-state index contributed by atoms with van der Waals surface area (Å²) < 4.78 is 30.4. The Morgan fingerprint density at radius 2 is 2.00 bits per heavy atom. The number of rotatable bonds is 5. The van der Waals surface area contributed by atoms with Gasteiger partial charge in [0, 0.05) is 18.2 Å². The van der Waals surface area contributed by atoms with Crippen molar-refractivity contribution >= 4 is 28.2 Å². The van der Waals surface area contributed by atoms with Crippen molar-refractivity contribution in [3.05, 3.63) is 54.0 Å². The van der Waals surface area contributed by atoms with Gasteiger partial charge < -0.3 is 15.1 Å². The summed E-state index contributed by atoms with van der Waals surface area (Å²) in [5, 5.41) is 6.20. The Hall–Kier alpha value is -1.83. The lowest BCUT2D eigenvalue weighted by Gasteiger charge is -2.30. The molecular formula is C18H23ClN2O4S. The fourth-order valence-corrected chi connectivity index (χ4v) is 4.36. The van der Waals surface area contributed by atoms with Gasteiger partial charge in [0.2, 0.25) is 0 Å². The number of halogens is 1. The van der Waals surface area contributed by atoms with E-state index >= 15 is 0 Å². The van der Waals surface area contributed by atoms with E-state index in [1.165, 1.54) is 12.3 Å². The molecule has 142 valence electrons. The van der Waals surface area contributed by atoms with Crippen LogP contribution >= 0.6 is 12.4 Å². The zero-order chi connectivity index (χ0) is 17.9. The predicted molar refractivity (Wildman–Crippen MR) is 101 cm³/mol. The van der Waals surface area contributed by atoms with Gasteiger partial charge in [-0.3, -0.25) is 4.79 Å². The van der Waals surface area contributed by atoms with Gasteiger partial charge in [-0.15, -0.1) is 12.4 Å². The summed E-state index contributed by atoms with van der Waals surface area (Å²) in [5.41, 5.74) is 0.373. The van der Waals surface area contributed by atoms with E-state index in [2.05, 4.69) is 17.6 Å². The summed E-state index contributed by atoms with van der Waals surface area (Å²) in [6, 6.07) is 9.74. The van der Waals surface area contributed by atoms with Crippen molar-refractivity contribution in [2.45, 2.75) is 30.0 Å². The molecule has 8 heteroatoms. The molecule has 0 bridgehead atoms. The molecule has 1 aliphatic rings. The first-order valence-corrected chi connectivity index (χ1v) is 9.98. The van der Waals surface area contributed by atoms with Crippen molar-refractivity contribution in [3.63, 3.8) is 0 Å². The van der Waals surface area contributed by atoms with E-state index in [-0.39, 0.29) is 40.8 Å². The maximum Gasteiger partial charge on any atom is 0.287 e. The molecule has 1 aromatic carbocycles. The van der Waals surface area contributed by atoms with Gasteiger partial charge in [-0.2, -0.15) is 0 Å². The number of nitrogens with one attached hydrogen (secondary N) is 2. The summed E-state index contributed by atoms with van der Waals surface area (Å²) in [7, 11) is -3.54. The zero-order valence-corrected chi connectivity index (χ0v) is 16.1. The fourth-order valence-electron chi connectivity index (χ4n) is 2.98. The number of hydrogen-bond donors (Lipinski definition) is 2. The Balaban J connectivity index is 0.00000243. The Kier molecular flexibility index (Phi) is 6.86. The standard InChI is InChI=1S/C18H22N2O4S.ClH/c1-13-7-9-19-11-16(13)20-18(21)17-14(8-10-24-17)12-25(22,23)15-5-3-2-4-6-15;/h2-6,8,10,13,16,19H,7,9,11-12H2,1H3,(H,20,21);1H. The average molecular weight is 399 g/mol. The Labute approximate surface area is 159 Å². The second-order valence-electron chi connectivity index (χ2n) is 6.40. The lowest BCUT2D eigenvalue weighted by molar-refractivity contribution is 0.0886. The number of amides is 1. The number of furan rings is 1. The van der Waals surface area contributed by atoms with Gasteiger partial charge in [0.25, 0.3) is 5.91 Å². The van der Waals surface area contributed by atoms with E-state index in [1.807, 2.05) is 0 Å². The third-order valence-corrected chi connectivity index (χ3v) is 6.23. The lowest BCUT2D eigenvalue weighted by Crippen LogP contribution is -2.50. The molecule has 2 N–H and O–H groups in total. The molecular weight excluding hydrogens is 376 g/mol. The minimum Gasteiger partial charge on any atom is -0.459 e. The second kappa shape index (κ2) is 8.70. The molecule has 2 aromatic rings. The number of sulfone groups is 1. The molecule has 1 amide bonds. The van der Waals surface area contributed by atoms with Crippen molar-refractivity contribution in [1.29, 1.82) is 0 Å². The van der Waals surface area contributed by atoms with E-state index in [9.17, 15) is 13.2 Å². The molecule has 1 fully saturated rings. The van der Waals surface area contributed by atoms with Crippen LogP contribution in [0.5, 0.6) is 0 Å². The highest BCUT2D eigenvalue weighted by molar-refractivity contribution is 7.90. The van der Waals surface area contributed by atoms with Gasteiger partial charge in [0.1, 0.15) is 0 Å². The van der Waals surface area contributed by atoms with E-state index in [1.54, 1.807) is 30.3 Å². The number of hydrogen-bond acceptors (Lipinski definition) is 5. The lowest BCUT2D eigenvalue weighted by atomic mass is 9.95. The van der Waals surface area contributed by atoms with Crippen molar-refractivity contribution in [2.24, 2.45) is 5.92 Å². The van der Waals surface area contributed by atoms with Crippen LogP contribution in [0.15, 0.2) is 52.0 Å². The van der Waals surface area contributed by atoms with Gasteiger partial charge in [-0.1, -0.05) is 25.1 Å². The van der Waals surface area contributed by atoms with Crippen LogP contribution in [0, 0.1) is 5.92 Å². The second-order valence-corrected chi connectivity index (χ2v) is 8.39. The van der Waals surface area contributed by atoms with Gasteiger partial charge in [0.15, 0.2) is 15.6 Å². The molecule has 6 nitrogen and oxygen atoms in total. The highest BCUT2D eigenvalue weighted by atomic mass is 35.5. The topological polar surface area (TPSA) is 88.4 Å². The minimum atomic E-state index is -3.54. The van der Waals surface area contributed by atoms with Gasteiger partial charge >= 0.3 is 0 Å². The summed E-state index contributed by atoms with van der Waals surface area (Å²) in [4.78, 5) is 12.8. The molecule has 2 unspecified atom stereocenters. The zero-order valence-electron chi connectivity index (χ0n) is 14.5. The molecule has 26 heavy (non-hydrogen) atoms. The molecule has 0 spiro atoms. The van der Waals surface area contributed by atoms with Crippen molar-refractivity contribution in [1.82, 2.24) is 10.6 Å². The van der Waals surface area contributed by atoms with Crippen LogP contribution < -0.4 is 10.6 Å². The third kappa shape index (κ3) is 4.66. The van der Waals surface area contributed by atoms with Crippen LogP contribution in [0.1, 0.15) is 29.5 Å². The molecule has 0 radical (unpaired) electrons. The van der Waals surface area contributed by atoms with Crippen LogP contribution in [0.25, 0.3) is 0 Å². The van der Waals surface area contributed by atoms with Gasteiger partial charge in [0.05, 0.1) is 16.9 Å².